The zero-order chi connectivity index (χ0) is 11.1. The number of carboxylic acid groups (broad SMARTS) is 1. The Morgan fingerprint density at radius 1 is 1.47 bits per heavy atom. The summed E-state index contributed by atoms with van der Waals surface area (Å²) in [6.07, 6.45) is 2.04. The molecule has 5 heteroatoms. The molecule has 1 unspecified atom stereocenters. The molecule has 1 rings (SSSR count). The van der Waals surface area contributed by atoms with Crippen molar-refractivity contribution in [2.75, 3.05) is 33.5 Å². The van der Waals surface area contributed by atoms with E-state index in [2.05, 4.69) is 5.32 Å². The Kier molecular flexibility index (Phi) is 5.60. The average Bonchev–Trinajstić information content (AvgIpc) is 3.00. The van der Waals surface area contributed by atoms with Gasteiger partial charge in [-0.1, -0.05) is 0 Å². The maximum Gasteiger partial charge on any atom is 0.320 e. The summed E-state index contributed by atoms with van der Waals surface area (Å²) in [6.45, 7) is 2.24. The van der Waals surface area contributed by atoms with Crippen LogP contribution >= 0.6 is 0 Å². The molecule has 0 saturated heterocycles. The van der Waals surface area contributed by atoms with Crippen LogP contribution in [0, 0.1) is 5.92 Å². The van der Waals surface area contributed by atoms with Gasteiger partial charge in [0, 0.05) is 13.7 Å². The van der Waals surface area contributed by atoms with E-state index in [0.29, 0.717) is 32.3 Å². The van der Waals surface area contributed by atoms with E-state index in [0.717, 1.165) is 12.8 Å². The second-order valence-electron chi connectivity index (χ2n) is 3.71. The number of hydrogen-bond acceptors (Lipinski definition) is 4. The minimum absolute atomic E-state index is 0.321. The van der Waals surface area contributed by atoms with Gasteiger partial charge in [0.1, 0.15) is 6.04 Å². The van der Waals surface area contributed by atoms with Gasteiger partial charge in [-0.2, -0.15) is 0 Å². The second kappa shape index (κ2) is 6.76. The minimum atomic E-state index is -0.755. The molecular formula is C10H19NO4. The van der Waals surface area contributed by atoms with Crippen LogP contribution in [0.15, 0.2) is 0 Å². The number of methoxy groups -OCH3 is 1. The monoisotopic (exact) mass is 217 g/mol. The number of nitrogens with one attached hydrogen (secondary N) is 1. The fourth-order valence-corrected chi connectivity index (χ4v) is 1.42. The van der Waals surface area contributed by atoms with Gasteiger partial charge in [0.25, 0.3) is 0 Å². The molecule has 1 aliphatic carbocycles. The van der Waals surface area contributed by atoms with E-state index >= 15 is 0 Å². The van der Waals surface area contributed by atoms with Crippen molar-refractivity contribution in [3.05, 3.63) is 0 Å². The molecule has 0 amide bonds. The summed E-state index contributed by atoms with van der Waals surface area (Å²) in [7, 11) is 1.62. The molecule has 2 N–H and O–H groups in total. The van der Waals surface area contributed by atoms with E-state index in [1.807, 2.05) is 0 Å². The fraction of sp³-hybridized carbons (Fsp3) is 0.900. The molecule has 1 saturated carbocycles. The number of carboxylic acids is 1. The van der Waals surface area contributed by atoms with Crippen LogP contribution in [-0.2, 0) is 14.3 Å². The molecule has 0 aromatic rings. The van der Waals surface area contributed by atoms with Gasteiger partial charge >= 0.3 is 5.97 Å². The van der Waals surface area contributed by atoms with Crippen LogP contribution in [-0.4, -0.2) is 50.6 Å². The molecule has 1 atom stereocenters. The summed E-state index contributed by atoms with van der Waals surface area (Å²) in [4.78, 5) is 10.8. The summed E-state index contributed by atoms with van der Waals surface area (Å²) in [5, 5.41) is 11.9. The number of rotatable bonds is 9. The highest BCUT2D eigenvalue weighted by Crippen LogP contribution is 2.32. The van der Waals surface area contributed by atoms with Gasteiger partial charge in [0.05, 0.1) is 19.8 Å². The van der Waals surface area contributed by atoms with Gasteiger partial charge in [-0.05, 0) is 18.8 Å². The molecule has 88 valence electrons. The fourth-order valence-electron chi connectivity index (χ4n) is 1.42. The molecule has 5 nitrogen and oxygen atoms in total. The second-order valence-corrected chi connectivity index (χ2v) is 3.71. The maximum atomic E-state index is 10.8. The normalized spacial score (nSPS) is 17.7. The summed E-state index contributed by atoms with van der Waals surface area (Å²) in [5.74, 6) is -0.434. The van der Waals surface area contributed by atoms with Crippen molar-refractivity contribution in [2.45, 2.75) is 18.9 Å². The number of carbonyl (C=O) groups is 1. The highest BCUT2D eigenvalue weighted by Gasteiger charge is 2.35. The predicted molar refractivity (Wildman–Crippen MR) is 54.8 cm³/mol. The molecule has 0 heterocycles. The lowest BCUT2D eigenvalue weighted by atomic mass is 10.2. The highest BCUT2D eigenvalue weighted by molar-refractivity contribution is 5.74. The Morgan fingerprint density at radius 2 is 2.20 bits per heavy atom. The first-order chi connectivity index (χ1) is 7.25. The lowest BCUT2D eigenvalue weighted by molar-refractivity contribution is -0.140. The first kappa shape index (κ1) is 12.4. The summed E-state index contributed by atoms with van der Waals surface area (Å²) in [5.41, 5.74) is 0. The molecule has 0 aliphatic heterocycles. The predicted octanol–water partition coefficient (Wildman–Crippen LogP) is 0.102. The van der Waals surface area contributed by atoms with E-state index in [4.69, 9.17) is 14.6 Å². The van der Waals surface area contributed by atoms with Crippen molar-refractivity contribution in [1.29, 1.82) is 0 Å². The highest BCUT2D eigenvalue weighted by atomic mass is 16.5. The van der Waals surface area contributed by atoms with E-state index in [9.17, 15) is 4.79 Å². The number of hydrogen-bond donors (Lipinski definition) is 2. The Labute approximate surface area is 89.8 Å². The van der Waals surface area contributed by atoms with Crippen LogP contribution in [0.4, 0.5) is 0 Å². The molecule has 0 radical (unpaired) electrons. The topological polar surface area (TPSA) is 67.8 Å². The van der Waals surface area contributed by atoms with Crippen LogP contribution in [0.1, 0.15) is 12.8 Å². The van der Waals surface area contributed by atoms with Crippen molar-refractivity contribution in [2.24, 2.45) is 5.92 Å². The molecule has 1 fully saturated rings. The van der Waals surface area contributed by atoms with E-state index in [1.165, 1.54) is 0 Å². The van der Waals surface area contributed by atoms with Gasteiger partial charge in [0.2, 0.25) is 0 Å². The average molecular weight is 217 g/mol. The van der Waals surface area contributed by atoms with Crippen molar-refractivity contribution >= 4 is 5.97 Å². The van der Waals surface area contributed by atoms with Crippen LogP contribution in [0.3, 0.4) is 0 Å². The Balaban J connectivity index is 1.99. The molecule has 15 heavy (non-hydrogen) atoms. The van der Waals surface area contributed by atoms with E-state index in [1.54, 1.807) is 7.11 Å². The van der Waals surface area contributed by atoms with Crippen LogP contribution in [0.2, 0.25) is 0 Å². The number of ether oxygens (including phenoxy) is 2. The third-order valence-electron chi connectivity index (χ3n) is 2.40. The lowest BCUT2D eigenvalue weighted by Gasteiger charge is -2.13. The molecule has 0 spiro atoms. The first-order valence-corrected chi connectivity index (χ1v) is 5.28. The van der Waals surface area contributed by atoms with Gasteiger partial charge in [-0.15, -0.1) is 0 Å². The third-order valence-corrected chi connectivity index (χ3v) is 2.40. The van der Waals surface area contributed by atoms with Crippen molar-refractivity contribution in [1.82, 2.24) is 5.32 Å². The van der Waals surface area contributed by atoms with E-state index in [-0.39, 0.29) is 0 Å². The SMILES string of the molecule is COCCOCCNC(C(=O)O)C1CC1. The lowest BCUT2D eigenvalue weighted by Crippen LogP contribution is -2.40. The summed E-state index contributed by atoms with van der Waals surface area (Å²) >= 11 is 0. The first-order valence-electron chi connectivity index (χ1n) is 5.28. The van der Waals surface area contributed by atoms with Crippen molar-refractivity contribution in [3.8, 4) is 0 Å². The Hall–Kier alpha value is -0.650. The summed E-state index contributed by atoms with van der Waals surface area (Å²) < 4.78 is 10.0. The Morgan fingerprint density at radius 3 is 2.73 bits per heavy atom. The quantitative estimate of drug-likeness (QED) is 0.536. The van der Waals surface area contributed by atoms with Gasteiger partial charge < -0.3 is 19.9 Å². The largest absolute Gasteiger partial charge is 0.480 e. The zero-order valence-electron chi connectivity index (χ0n) is 9.07. The van der Waals surface area contributed by atoms with Gasteiger partial charge in [0.15, 0.2) is 0 Å². The maximum absolute atomic E-state index is 10.8. The van der Waals surface area contributed by atoms with Crippen molar-refractivity contribution < 1.29 is 19.4 Å². The zero-order valence-corrected chi connectivity index (χ0v) is 9.07. The third kappa shape index (κ3) is 5.11. The standard InChI is InChI=1S/C10H19NO4/c1-14-6-7-15-5-4-11-9(10(12)13)8-2-3-8/h8-9,11H,2-7H2,1H3,(H,12,13). The van der Waals surface area contributed by atoms with Crippen molar-refractivity contribution in [3.63, 3.8) is 0 Å². The molecule has 1 aliphatic rings. The molecule has 0 aromatic heterocycles. The molecule has 0 aromatic carbocycles. The van der Waals surface area contributed by atoms with Gasteiger partial charge in [-0.25, -0.2) is 0 Å². The van der Waals surface area contributed by atoms with Crippen LogP contribution in [0.25, 0.3) is 0 Å². The smallest absolute Gasteiger partial charge is 0.320 e. The van der Waals surface area contributed by atoms with Gasteiger partial charge in [-0.3, -0.25) is 4.79 Å². The molecule has 0 bridgehead atoms. The minimum Gasteiger partial charge on any atom is -0.480 e. The Bertz CT molecular complexity index is 194. The van der Waals surface area contributed by atoms with Crippen LogP contribution < -0.4 is 5.32 Å². The summed E-state index contributed by atoms with van der Waals surface area (Å²) in [6, 6.07) is -0.393. The van der Waals surface area contributed by atoms with Crippen LogP contribution in [0.5, 0.6) is 0 Å². The number of aliphatic carboxylic acids is 1. The molecular weight excluding hydrogens is 198 g/mol. The van der Waals surface area contributed by atoms with E-state index < -0.39 is 12.0 Å².